The second kappa shape index (κ2) is 6.66. The molecule has 9 heteroatoms. The molecular weight excluding hydrogens is 416 g/mol. The van der Waals surface area contributed by atoms with Crippen molar-refractivity contribution in [2.75, 3.05) is 24.1 Å². The molecule has 1 fully saturated rings. The van der Waals surface area contributed by atoms with E-state index < -0.39 is 23.9 Å². The van der Waals surface area contributed by atoms with Crippen LogP contribution < -0.4 is 19.4 Å². The summed E-state index contributed by atoms with van der Waals surface area (Å²) in [6, 6.07) is 10.5. The minimum absolute atomic E-state index is 0.323. The van der Waals surface area contributed by atoms with E-state index in [-0.39, 0.29) is 0 Å². The SMILES string of the molecule is COc1ccc(OC)c(N2C(=O)[C@H]3N=NN(c4ccccc4Br)[C@H]3C2=O)c1. The molecule has 0 radical (unpaired) electrons. The molecule has 0 aromatic heterocycles. The Morgan fingerprint density at radius 2 is 1.78 bits per heavy atom. The van der Waals surface area contributed by atoms with Crippen LogP contribution in [0.4, 0.5) is 11.4 Å². The van der Waals surface area contributed by atoms with E-state index in [0.29, 0.717) is 22.9 Å². The first-order valence-electron chi connectivity index (χ1n) is 8.11. The van der Waals surface area contributed by atoms with Gasteiger partial charge in [-0.2, -0.15) is 5.11 Å². The summed E-state index contributed by atoms with van der Waals surface area (Å²) in [6.07, 6.45) is 0. The first-order valence-corrected chi connectivity index (χ1v) is 8.90. The summed E-state index contributed by atoms with van der Waals surface area (Å²) < 4.78 is 11.3. The Kier molecular flexibility index (Phi) is 4.31. The van der Waals surface area contributed by atoms with Gasteiger partial charge in [-0.15, -0.1) is 0 Å². The molecule has 2 aliphatic rings. The van der Waals surface area contributed by atoms with Crippen molar-refractivity contribution in [2.24, 2.45) is 10.3 Å². The number of halogens is 1. The van der Waals surface area contributed by atoms with Gasteiger partial charge in [-0.05, 0) is 40.2 Å². The molecule has 0 unspecified atom stereocenters. The standard InChI is InChI=1S/C18H15BrN4O4/c1-26-10-7-8-14(27-2)13(9-10)22-17(24)15-16(18(22)25)23(21-20-15)12-6-4-3-5-11(12)19/h3-9,15-16H,1-2H3/t15-,16+/m0/s1. The van der Waals surface area contributed by atoms with Crippen molar-refractivity contribution < 1.29 is 19.1 Å². The summed E-state index contributed by atoms with van der Waals surface area (Å²) in [7, 11) is 2.99. The van der Waals surface area contributed by atoms with Crippen LogP contribution in [0.1, 0.15) is 0 Å². The van der Waals surface area contributed by atoms with Crippen LogP contribution >= 0.6 is 15.9 Å². The molecule has 4 rings (SSSR count). The maximum absolute atomic E-state index is 13.2. The molecular formula is C18H15BrN4O4. The van der Waals surface area contributed by atoms with Crippen LogP contribution in [-0.4, -0.2) is 38.1 Å². The highest BCUT2D eigenvalue weighted by Gasteiger charge is 2.56. The summed E-state index contributed by atoms with van der Waals surface area (Å²) in [5.74, 6) is 0.0294. The summed E-state index contributed by atoms with van der Waals surface area (Å²) in [5.41, 5.74) is 0.984. The van der Waals surface area contributed by atoms with E-state index in [1.807, 2.05) is 18.2 Å². The lowest BCUT2D eigenvalue weighted by atomic mass is 10.1. The molecule has 2 aliphatic heterocycles. The number of fused-ring (bicyclic) bond motifs is 1. The zero-order chi connectivity index (χ0) is 19.1. The number of hydrogen-bond acceptors (Lipinski definition) is 7. The number of hydrogen-bond donors (Lipinski definition) is 0. The predicted molar refractivity (Wildman–Crippen MR) is 101 cm³/mol. The second-order valence-electron chi connectivity index (χ2n) is 5.94. The van der Waals surface area contributed by atoms with Gasteiger partial charge in [-0.3, -0.25) is 9.59 Å². The quantitative estimate of drug-likeness (QED) is 0.696. The Morgan fingerprint density at radius 3 is 2.48 bits per heavy atom. The fourth-order valence-electron chi connectivity index (χ4n) is 3.21. The van der Waals surface area contributed by atoms with E-state index in [4.69, 9.17) is 9.47 Å². The highest BCUT2D eigenvalue weighted by molar-refractivity contribution is 9.10. The monoisotopic (exact) mass is 430 g/mol. The number of carbonyl (C=O) groups is 2. The fourth-order valence-corrected chi connectivity index (χ4v) is 3.67. The van der Waals surface area contributed by atoms with E-state index in [1.54, 1.807) is 24.3 Å². The molecule has 27 heavy (non-hydrogen) atoms. The Morgan fingerprint density at radius 1 is 1.00 bits per heavy atom. The zero-order valence-electron chi connectivity index (χ0n) is 14.5. The third-order valence-corrected chi connectivity index (χ3v) is 5.18. The normalized spacial score (nSPS) is 21.0. The fraction of sp³-hybridized carbons (Fsp3) is 0.222. The van der Waals surface area contributed by atoms with Crippen molar-refractivity contribution in [1.82, 2.24) is 0 Å². The number of para-hydroxylation sites is 1. The van der Waals surface area contributed by atoms with E-state index in [0.717, 1.165) is 9.37 Å². The van der Waals surface area contributed by atoms with Crippen molar-refractivity contribution in [1.29, 1.82) is 0 Å². The van der Waals surface area contributed by atoms with Crippen LogP contribution in [0.15, 0.2) is 57.3 Å². The maximum Gasteiger partial charge on any atom is 0.263 e. The van der Waals surface area contributed by atoms with Crippen LogP contribution in [0.2, 0.25) is 0 Å². The largest absolute Gasteiger partial charge is 0.497 e. The summed E-state index contributed by atoms with van der Waals surface area (Å²) in [6.45, 7) is 0. The van der Waals surface area contributed by atoms with E-state index in [2.05, 4.69) is 26.3 Å². The molecule has 0 aliphatic carbocycles. The number of benzene rings is 2. The molecule has 138 valence electrons. The second-order valence-corrected chi connectivity index (χ2v) is 6.79. The third kappa shape index (κ3) is 2.66. The lowest BCUT2D eigenvalue weighted by Crippen LogP contribution is -2.40. The van der Waals surface area contributed by atoms with Crippen LogP contribution in [-0.2, 0) is 9.59 Å². The van der Waals surface area contributed by atoms with Crippen LogP contribution in [0.25, 0.3) is 0 Å². The maximum atomic E-state index is 13.2. The van der Waals surface area contributed by atoms with Gasteiger partial charge in [0.25, 0.3) is 11.8 Å². The molecule has 2 aromatic rings. The number of nitrogens with zero attached hydrogens (tertiary/aromatic N) is 4. The first-order chi connectivity index (χ1) is 13.1. The van der Waals surface area contributed by atoms with E-state index >= 15 is 0 Å². The third-order valence-electron chi connectivity index (χ3n) is 4.51. The first kappa shape index (κ1) is 17.5. The van der Waals surface area contributed by atoms with Gasteiger partial charge in [0.05, 0.1) is 25.6 Å². The molecule has 0 bridgehead atoms. The number of amides is 2. The topological polar surface area (TPSA) is 83.8 Å². The number of anilines is 2. The highest BCUT2D eigenvalue weighted by Crippen LogP contribution is 2.41. The van der Waals surface area contributed by atoms with Crippen molar-refractivity contribution >= 4 is 39.1 Å². The van der Waals surface area contributed by atoms with Crippen molar-refractivity contribution in [3.63, 3.8) is 0 Å². The summed E-state index contributed by atoms with van der Waals surface area (Å²) in [4.78, 5) is 27.2. The van der Waals surface area contributed by atoms with Gasteiger partial charge >= 0.3 is 0 Å². The van der Waals surface area contributed by atoms with Crippen LogP contribution in [0, 0.1) is 0 Å². The molecule has 0 spiro atoms. The van der Waals surface area contributed by atoms with E-state index in [9.17, 15) is 9.59 Å². The van der Waals surface area contributed by atoms with Gasteiger partial charge in [0.1, 0.15) is 11.5 Å². The molecule has 2 heterocycles. The highest BCUT2D eigenvalue weighted by atomic mass is 79.9. The van der Waals surface area contributed by atoms with E-state index in [1.165, 1.54) is 19.2 Å². The van der Waals surface area contributed by atoms with Gasteiger partial charge in [0.15, 0.2) is 12.1 Å². The van der Waals surface area contributed by atoms with Gasteiger partial charge in [-0.1, -0.05) is 17.4 Å². The minimum Gasteiger partial charge on any atom is -0.497 e. The van der Waals surface area contributed by atoms with Gasteiger partial charge in [0, 0.05) is 10.5 Å². The Bertz CT molecular complexity index is 964. The average Bonchev–Trinajstić information content (AvgIpc) is 3.22. The minimum atomic E-state index is -0.902. The number of imide groups is 1. The number of carbonyl (C=O) groups excluding carboxylic acids is 2. The lowest BCUT2D eigenvalue weighted by molar-refractivity contribution is -0.121. The van der Waals surface area contributed by atoms with Gasteiger partial charge in [-0.25, -0.2) is 9.91 Å². The van der Waals surface area contributed by atoms with Crippen molar-refractivity contribution in [3.05, 3.63) is 46.9 Å². The number of rotatable bonds is 4. The molecule has 8 nitrogen and oxygen atoms in total. The Balaban J connectivity index is 1.76. The summed E-state index contributed by atoms with van der Waals surface area (Å²) in [5, 5.41) is 9.58. The average molecular weight is 431 g/mol. The zero-order valence-corrected chi connectivity index (χ0v) is 16.1. The molecule has 2 amide bonds. The molecule has 2 aromatic carbocycles. The number of ether oxygens (including phenoxy) is 2. The van der Waals surface area contributed by atoms with Crippen molar-refractivity contribution in [2.45, 2.75) is 12.1 Å². The van der Waals surface area contributed by atoms with Crippen LogP contribution in [0.5, 0.6) is 11.5 Å². The number of methoxy groups -OCH3 is 2. The molecule has 1 saturated heterocycles. The molecule has 2 atom stereocenters. The van der Waals surface area contributed by atoms with Crippen LogP contribution in [0.3, 0.4) is 0 Å². The summed E-state index contributed by atoms with van der Waals surface area (Å²) >= 11 is 3.45. The van der Waals surface area contributed by atoms with Gasteiger partial charge < -0.3 is 9.47 Å². The van der Waals surface area contributed by atoms with Crippen molar-refractivity contribution in [3.8, 4) is 11.5 Å². The Labute approximate surface area is 163 Å². The molecule has 0 saturated carbocycles. The molecule has 0 N–H and O–H groups in total. The smallest absolute Gasteiger partial charge is 0.263 e. The van der Waals surface area contributed by atoms with Gasteiger partial charge in [0.2, 0.25) is 0 Å². The lowest BCUT2D eigenvalue weighted by Gasteiger charge is -2.22. The predicted octanol–water partition coefficient (Wildman–Crippen LogP) is 2.96. The Hall–Kier alpha value is -2.94.